The summed E-state index contributed by atoms with van der Waals surface area (Å²) in [6.45, 7) is 1.56. The highest BCUT2D eigenvalue weighted by Crippen LogP contribution is 2.31. The third kappa shape index (κ3) is 3.45. The van der Waals surface area contributed by atoms with Crippen LogP contribution in [0.25, 0.3) is 0 Å². The molecule has 0 aliphatic heterocycles. The number of benzene rings is 1. The van der Waals surface area contributed by atoms with Gasteiger partial charge in [0.1, 0.15) is 0 Å². The molecule has 1 aromatic rings. The number of halogens is 5. The van der Waals surface area contributed by atoms with E-state index >= 15 is 0 Å². The van der Waals surface area contributed by atoms with E-state index < -0.39 is 22.4 Å². The maximum Gasteiger partial charge on any atom is 0.416 e. The van der Waals surface area contributed by atoms with Crippen molar-refractivity contribution in [3.05, 3.63) is 34.9 Å². The van der Waals surface area contributed by atoms with E-state index in [0.29, 0.717) is 5.56 Å². The van der Waals surface area contributed by atoms with E-state index in [2.05, 4.69) is 15.9 Å². The Bertz CT molecular complexity index is 429. The zero-order chi connectivity index (χ0) is 13.2. The molecule has 0 saturated heterocycles. The smallest absolute Gasteiger partial charge is 0.293 e. The van der Waals surface area contributed by atoms with Crippen molar-refractivity contribution in [2.24, 2.45) is 0 Å². The van der Waals surface area contributed by atoms with Crippen LogP contribution in [0.5, 0.6) is 0 Å². The molecule has 1 rings (SSSR count). The van der Waals surface area contributed by atoms with Gasteiger partial charge in [0.15, 0.2) is 5.78 Å². The standard InChI is InChI=1S/C11H9BrClF3O/c1-6(12)10(17)9-4-8(11(14,15)16)3-2-7(9)5-13/h2-4,6H,5H2,1H3. The zero-order valence-electron chi connectivity index (χ0n) is 8.81. The second-order valence-electron chi connectivity index (χ2n) is 3.48. The number of alkyl halides is 5. The van der Waals surface area contributed by atoms with Crippen molar-refractivity contribution in [2.45, 2.75) is 23.8 Å². The third-order valence-electron chi connectivity index (χ3n) is 2.21. The summed E-state index contributed by atoms with van der Waals surface area (Å²) in [4.78, 5) is 11.2. The van der Waals surface area contributed by atoms with Crippen LogP contribution in [0.3, 0.4) is 0 Å². The van der Waals surface area contributed by atoms with Gasteiger partial charge in [-0.15, -0.1) is 11.6 Å². The minimum atomic E-state index is -4.46. The number of rotatable bonds is 3. The molecule has 1 unspecified atom stereocenters. The molecule has 1 nitrogen and oxygen atoms in total. The average Bonchev–Trinajstić information content (AvgIpc) is 2.25. The van der Waals surface area contributed by atoms with Crippen LogP contribution in [-0.4, -0.2) is 10.6 Å². The Morgan fingerprint density at radius 2 is 2.06 bits per heavy atom. The molecule has 6 heteroatoms. The summed E-state index contributed by atoms with van der Waals surface area (Å²) < 4.78 is 37.5. The van der Waals surface area contributed by atoms with Crippen molar-refractivity contribution in [3.63, 3.8) is 0 Å². The average molecular weight is 330 g/mol. The van der Waals surface area contributed by atoms with Crippen LogP contribution >= 0.6 is 27.5 Å². The molecule has 0 aromatic heterocycles. The number of hydrogen-bond acceptors (Lipinski definition) is 1. The van der Waals surface area contributed by atoms with Gasteiger partial charge in [-0.25, -0.2) is 0 Å². The summed E-state index contributed by atoms with van der Waals surface area (Å²) in [5, 5.41) is 0. The van der Waals surface area contributed by atoms with E-state index in [9.17, 15) is 18.0 Å². The zero-order valence-corrected chi connectivity index (χ0v) is 11.2. The minimum Gasteiger partial charge on any atom is -0.293 e. The molecule has 0 amide bonds. The largest absolute Gasteiger partial charge is 0.416 e. The van der Waals surface area contributed by atoms with E-state index in [1.165, 1.54) is 6.07 Å². The highest BCUT2D eigenvalue weighted by molar-refractivity contribution is 9.10. The van der Waals surface area contributed by atoms with E-state index in [1.807, 2.05) is 0 Å². The molecule has 17 heavy (non-hydrogen) atoms. The molecule has 0 spiro atoms. The molecule has 1 atom stereocenters. The number of carbonyl (C=O) groups excluding carboxylic acids is 1. The number of ketones is 1. The Kier molecular flexibility index (Phi) is 4.61. The van der Waals surface area contributed by atoms with Gasteiger partial charge in [-0.1, -0.05) is 22.0 Å². The van der Waals surface area contributed by atoms with Crippen molar-refractivity contribution in [2.75, 3.05) is 0 Å². The molecular weight excluding hydrogens is 320 g/mol. The van der Waals surface area contributed by atoms with Gasteiger partial charge in [0.25, 0.3) is 0 Å². The molecule has 94 valence electrons. The first kappa shape index (κ1) is 14.5. The normalized spacial score (nSPS) is 13.5. The fourth-order valence-electron chi connectivity index (χ4n) is 1.31. The molecular formula is C11H9BrClF3O. The van der Waals surface area contributed by atoms with E-state index in [1.54, 1.807) is 6.92 Å². The third-order valence-corrected chi connectivity index (χ3v) is 2.91. The van der Waals surface area contributed by atoms with Gasteiger partial charge in [0.2, 0.25) is 0 Å². The highest BCUT2D eigenvalue weighted by atomic mass is 79.9. The Balaban J connectivity index is 3.30. The molecule has 0 aliphatic rings. The highest BCUT2D eigenvalue weighted by Gasteiger charge is 2.32. The number of hydrogen-bond donors (Lipinski definition) is 0. The number of carbonyl (C=O) groups is 1. The van der Waals surface area contributed by atoms with E-state index in [4.69, 9.17) is 11.6 Å². The van der Waals surface area contributed by atoms with Crippen LogP contribution in [-0.2, 0) is 12.1 Å². The molecule has 0 saturated carbocycles. The second-order valence-corrected chi connectivity index (χ2v) is 5.12. The van der Waals surface area contributed by atoms with Gasteiger partial charge < -0.3 is 0 Å². The van der Waals surface area contributed by atoms with Gasteiger partial charge >= 0.3 is 6.18 Å². The number of Topliss-reactive ketones (excluding diaryl/α,β-unsaturated/α-hetero) is 1. The van der Waals surface area contributed by atoms with Gasteiger partial charge in [-0.2, -0.15) is 13.2 Å². The minimum absolute atomic E-state index is 0.00106. The maximum absolute atomic E-state index is 12.5. The van der Waals surface area contributed by atoms with Crippen LogP contribution in [0.15, 0.2) is 18.2 Å². The Morgan fingerprint density at radius 3 is 2.47 bits per heavy atom. The first-order valence-corrected chi connectivity index (χ1v) is 6.16. The molecule has 0 bridgehead atoms. The topological polar surface area (TPSA) is 17.1 Å². The van der Waals surface area contributed by atoms with Crippen LogP contribution in [0, 0.1) is 0 Å². The van der Waals surface area contributed by atoms with Crippen LogP contribution in [0.2, 0.25) is 0 Å². The van der Waals surface area contributed by atoms with E-state index in [0.717, 1.165) is 12.1 Å². The molecule has 0 radical (unpaired) electrons. The molecule has 1 aromatic carbocycles. The lowest BCUT2D eigenvalue weighted by molar-refractivity contribution is -0.137. The lowest BCUT2D eigenvalue weighted by atomic mass is 10.00. The van der Waals surface area contributed by atoms with Crippen molar-refractivity contribution in [1.82, 2.24) is 0 Å². The lowest BCUT2D eigenvalue weighted by Crippen LogP contribution is -2.15. The Hall–Kier alpha value is -0.550. The van der Waals surface area contributed by atoms with Crippen molar-refractivity contribution >= 4 is 33.3 Å². The summed E-state index contributed by atoms with van der Waals surface area (Å²) in [6, 6.07) is 3.00. The first-order chi connectivity index (χ1) is 7.77. The second kappa shape index (κ2) is 5.40. The molecule has 0 fully saturated rings. The molecule has 0 N–H and O–H groups in total. The SMILES string of the molecule is CC(Br)C(=O)c1cc(C(F)(F)F)ccc1CCl. The predicted molar refractivity (Wildman–Crippen MR) is 63.7 cm³/mol. The summed E-state index contributed by atoms with van der Waals surface area (Å²) >= 11 is 8.64. The van der Waals surface area contributed by atoms with Gasteiger partial charge in [0, 0.05) is 11.4 Å². The Morgan fingerprint density at radius 1 is 1.47 bits per heavy atom. The Labute approximate surface area is 110 Å². The summed E-state index contributed by atoms with van der Waals surface area (Å²) in [6.07, 6.45) is -4.46. The van der Waals surface area contributed by atoms with Crippen LogP contribution in [0.4, 0.5) is 13.2 Å². The monoisotopic (exact) mass is 328 g/mol. The lowest BCUT2D eigenvalue weighted by Gasteiger charge is -2.12. The quantitative estimate of drug-likeness (QED) is 0.593. The van der Waals surface area contributed by atoms with Gasteiger partial charge in [-0.05, 0) is 24.6 Å². The van der Waals surface area contributed by atoms with Crippen molar-refractivity contribution in [3.8, 4) is 0 Å². The summed E-state index contributed by atoms with van der Waals surface area (Å²) in [7, 11) is 0. The maximum atomic E-state index is 12.5. The van der Waals surface area contributed by atoms with Crippen LogP contribution < -0.4 is 0 Å². The predicted octanol–water partition coefficient (Wildman–Crippen LogP) is 4.41. The molecule has 0 heterocycles. The fourth-order valence-corrected chi connectivity index (χ4v) is 1.79. The summed E-state index contributed by atoms with van der Waals surface area (Å²) in [5.74, 6) is -0.411. The summed E-state index contributed by atoms with van der Waals surface area (Å²) in [5.41, 5.74) is -0.432. The van der Waals surface area contributed by atoms with E-state index in [-0.39, 0.29) is 11.4 Å². The van der Waals surface area contributed by atoms with Crippen LogP contribution in [0.1, 0.15) is 28.4 Å². The first-order valence-electron chi connectivity index (χ1n) is 4.71. The molecule has 0 aliphatic carbocycles. The van der Waals surface area contributed by atoms with Gasteiger partial charge in [-0.3, -0.25) is 4.79 Å². The van der Waals surface area contributed by atoms with Crippen molar-refractivity contribution in [1.29, 1.82) is 0 Å². The van der Waals surface area contributed by atoms with Crippen molar-refractivity contribution < 1.29 is 18.0 Å². The fraction of sp³-hybridized carbons (Fsp3) is 0.364. The van der Waals surface area contributed by atoms with Gasteiger partial charge in [0.05, 0.1) is 10.4 Å².